The van der Waals surface area contributed by atoms with Crippen molar-refractivity contribution in [1.82, 2.24) is 0 Å². The van der Waals surface area contributed by atoms with E-state index >= 15 is 0 Å². The minimum absolute atomic E-state index is 0.219. The van der Waals surface area contributed by atoms with Crippen LogP contribution in [0.25, 0.3) is 0 Å². The van der Waals surface area contributed by atoms with Crippen molar-refractivity contribution in [3.05, 3.63) is 28.8 Å². The number of hydrogen-bond donors (Lipinski definition) is 1. The number of carbonyl (C=O) groups excluding carboxylic acids is 1. The number of carbonyl (C=O) groups is 2. The van der Waals surface area contributed by atoms with Gasteiger partial charge in [0.2, 0.25) is 5.91 Å². The van der Waals surface area contributed by atoms with Gasteiger partial charge in [-0.15, -0.1) is 0 Å². The van der Waals surface area contributed by atoms with Crippen LogP contribution in [0.15, 0.2) is 12.1 Å². The molecule has 1 N–H and O–H groups in total. The van der Waals surface area contributed by atoms with Crippen LogP contribution < -0.4 is 4.90 Å². The molecule has 0 aliphatic carbocycles. The maximum absolute atomic E-state index is 11.8. The van der Waals surface area contributed by atoms with Crippen LogP contribution in [0.3, 0.4) is 0 Å². The quantitative estimate of drug-likeness (QED) is 0.898. The molecule has 0 unspecified atom stereocenters. The molecule has 4 heteroatoms. The second-order valence-electron chi connectivity index (χ2n) is 5.31. The van der Waals surface area contributed by atoms with Crippen LogP contribution in [-0.2, 0) is 28.9 Å². The molecule has 0 radical (unpaired) electrons. The van der Waals surface area contributed by atoms with Crippen LogP contribution in [0.2, 0.25) is 0 Å². The van der Waals surface area contributed by atoms with E-state index in [4.69, 9.17) is 5.11 Å². The van der Waals surface area contributed by atoms with Gasteiger partial charge in [0.05, 0.1) is 5.69 Å². The van der Waals surface area contributed by atoms with Crippen LogP contribution in [0.4, 0.5) is 5.69 Å². The molecule has 1 aromatic rings. The number of aliphatic carboxylic acids is 1. The average Bonchev–Trinajstić information content (AvgIpc) is 2.79. The lowest BCUT2D eigenvalue weighted by Gasteiger charge is -2.25. The second-order valence-corrected chi connectivity index (χ2v) is 5.31. The summed E-state index contributed by atoms with van der Waals surface area (Å²) in [5.41, 5.74) is 4.88. The van der Waals surface area contributed by atoms with Crippen molar-refractivity contribution in [2.45, 2.75) is 38.5 Å². The summed E-state index contributed by atoms with van der Waals surface area (Å²) in [6.45, 7) is 0.805. The summed E-state index contributed by atoms with van der Waals surface area (Å²) in [7, 11) is 0. The molecular weight excluding hydrogens is 242 g/mol. The SMILES string of the molecule is O=C(O)CCCc1cc2c3c(c1)CCN3C(=O)CC2. The average molecular weight is 259 g/mol. The Morgan fingerprint density at radius 2 is 1.95 bits per heavy atom. The smallest absolute Gasteiger partial charge is 0.303 e. The number of nitrogens with zero attached hydrogens (tertiary/aromatic N) is 1. The topological polar surface area (TPSA) is 57.6 Å². The number of anilines is 1. The van der Waals surface area contributed by atoms with Gasteiger partial charge >= 0.3 is 5.97 Å². The lowest BCUT2D eigenvalue weighted by Crippen LogP contribution is -2.32. The van der Waals surface area contributed by atoms with Gasteiger partial charge in [0.25, 0.3) is 0 Å². The van der Waals surface area contributed by atoms with E-state index in [1.165, 1.54) is 16.7 Å². The molecule has 2 aliphatic heterocycles. The van der Waals surface area contributed by atoms with Gasteiger partial charge in [0, 0.05) is 19.4 Å². The largest absolute Gasteiger partial charge is 0.481 e. The summed E-state index contributed by atoms with van der Waals surface area (Å²) >= 11 is 0. The number of hydrogen-bond acceptors (Lipinski definition) is 2. The first-order chi connectivity index (χ1) is 9.15. The molecule has 0 fully saturated rings. The zero-order chi connectivity index (χ0) is 13.4. The fourth-order valence-corrected chi connectivity index (χ4v) is 3.12. The van der Waals surface area contributed by atoms with E-state index in [1.807, 2.05) is 4.90 Å². The van der Waals surface area contributed by atoms with Crippen molar-refractivity contribution in [3.8, 4) is 0 Å². The van der Waals surface area contributed by atoms with E-state index in [-0.39, 0.29) is 12.3 Å². The molecule has 0 atom stereocenters. The molecule has 4 nitrogen and oxygen atoms in total. The van der Waals surface area contributed by atoms with Gasteiger partial charge in [-0.2, -0.15) is 0 Å². The van der Waals surface area contributed by atoms with Crippen molar-refractivity contribution in [2.75, 3.05) is 11.4 Å². The molecule has 0 saturated heterocycles. The normalized spacial score (nSPS) is 16.6. The van der Waals surface area contributed by atoms with Gasteiger partial charge in [-0.05, 0) is 42.4 Å². The van der Waals surface area contributed by atoms with Crippen LogP contribution >= 0.6 is 0 Å². The Balaban J connectivity index is 1.83. The Bertz CT molecular complexity index is 551. The van der Waals surface area contributed by atoms with E-state index in [0.29, 0.717) is 12.8 Å². The predicted molar refractivity (Wildman–Crippen MR) is 71.4 cm³/mol. The highest BCUT2D eigenvalue weighted by molar-refractivity contribution is 5.98. The Morgan fingerprint density at radius 3 is 2.68 bits per heavy atom. The zero-order valence-corrected chi connectivity index (χ0v) is 10.8. The number of carboxylic acid groups (broad SMARTS) is 1. The minimum Gasteiger partial charge on any atom is -0.481 e. The lowest BCUT2D eigenvalue weighted by molar-refractivity contribution is -0.137. The number of aryl methyl sites for hydroxylation is 2. The maximum Gasteiger partial charge on any atom is 0.303 e. The first-order valence-corrected chi connectivity index (χ1v) is 6.82. The summed E-state index contributed by atoms with van der Waals surface area (Å²) in [6.07, 6.45) is 4.06. The molecule has 2 aliphatic rings. The van der Waals surface area contributed by atoms with Crippen LogP contribution in [-0.4, -0.2) is 23.5 Å². The van der Waals surface area contributed by atoms with Gasteiger partial charge in [0.15, 0.2) is 0 Å². The van der Waals surface area contributed by atoms with E-state index in [9.17, 15) is 9.59 Å². The van der Waals surface area contributed by atoms with Crippen molar-refractivity contribution in [1.29, 1.82) is 0 Å². The van der Waals surface area contributed by atoms with E-state index in [2.05, 4.69) is 12.1 Å². The van der Waals surface area contributed by atoms with E-state index in [1.54, 1.807) is 0 Å². The third kappa shape index (κ3) is 2.23. The van der Waals surface area contributed by atoms with Gasteiger partial charge in [-0.1, -0.05) is 12.1 Å². The fourth-order valence-electron chi connectivity index (χ4n) is 3.12. The highest BCUT2D eigenvalue weighted by atomic mass is 16.4. The fraction of sp³-hybridized carbons (Fsp3) is 0.467. The molecular formula is C15H17NO3. The third-order valence-corrected chi connectivity index (χ3v) is 3.97. The molecule has 0 bridgehead atoms. The van der Waals surface area contributed by atoms with Crippen LogP contribution in [0.1, 0.15) is 36.0 Å². The van der Waals surface area contributed by atoms with Crippen molar-refractivity contribution in [2.24, 2.45) is 0 Å². The van der Waals surface area contributed by atoms with Crippen molar-refractivity contribution in [3.63, 3.8) is 0 Å². The van der Waals surface area contributed by atoms with Gasteiger partial charge < -0.3 is 10.0 Å². The summed E-state index contributed by atoms with van der Waals surface area (Å²) in [5, 5.41) is 8.68. The number of benzene rings is 1. The van der Waals surface area contributed by atoms with Gasteiger partial charge in [-0.3, -0.25) is 9.59 Å². The Morgan fingerprint density at radius 1 is 1.21 bits per heavy atom. The standard InChI is InChI=1S/C15H17NO3/c17-13-5-4-11-8-10(2-1-3-14(18)19)9-12-6-7-16(13)15(11)12/h8-9H,1-7H2,(H,18,19). The lowest BCUT2D eigenvalue weighted by atomic mass is 9.95. The number of rotatable bonds is 4. The second kappa shape index (κ2) is 4.68. The maximum atomic E-state index is 11.8. The van der Waals surface area contributed by atoms with Crippen LogP contribution in [0, 0.1) is 0 Å². The molecule has 2 heterocycles. The number of carboxylic acids is 1. The Labute approximate surface area is 112 Å². The first-order valence-electron chi connectivity index (χ1n) is 6.82. The molecule has 1 aromatic carbocycles. The predicted octanol–water partition coefficient (Wildman–Crippen LogP) is 1.93. The molecule has 3 rings (SSSR count). The Kier molecular flexibility index (Phi) is 3.01. The van der Waals surface area contributed by atoms with Gasteiger partial charge in [0.1, 0.15) is 0 Å². The van der Waals surface area contributed by atoms with E-state index in [0.717, 1.165) is 31.5 Å². The molecule has 0 spiro atoms. The summed E-state index contributed by atoms with van der Waals surface area (Å²) in [6, 6.07) is 4.31. The summed E-state index contributed by atoms with van der Waals surface area (Å²) in [4.78, 5) is 24.3. The molecule has 0 saturated carbocycles. The molecule has 19 heavy (non-hydrogen) atoms. The van der Waals surface area contributed by atoms with Gasteiger partial charge in [-0.25, -0.2) is 0 Å². The van der Waals surface area contributed by atoms with Crippen molar-refractivity contribution >= 4 is 17.6 Å². The summed E-state index contributed by atoms with van der Waals surface area (Å²) in [5.74, 6) is -0.496. The van der Waals surface area contributed by atoms with E-state index < -0.39 is 5.97 Å². The van der Waals surface area contributed by atoms with Crippen LogP contribution in [0.5, 0.6) is 0 Å². The molecule has 1 amide bonds. The first kappa shape index (κ1) is 12.2. The summed E-state index contributed by atoms with van der Waals surface area (Å²) < 4.78 is 0. The van der Waals surface area contributed by atoms with Crippen molar-refractivity contribution < 1.29 is 14.7 Å². The monoisotopic (exact) mass is 259 g/mol. The highest BCUT2D eigenvalue weighted by Gasteiger charge is 2.31. The minimum atomic E-state index is -0.737. The number of amides is 1. The molecule has 100 valence electrons. The molecule has 0 aromatic heterocycles. The zero-order valence-electron chi connectivity index (χ0n) is 10.8. The third-order valence-electron chi connectivity index (χ3n) is 3.97. The Hall–Kier alpha value is -1.84. The highest BCUT2D eigenvalue weighted by Crippen LogP contribution is 2.37.